The number of ether oxygens (including phenoxy) is 4. The fourth-order valence-corrected chi connectivity index (χ4v) is 8.72. The predicted octanol–water partition coefficient (Wildman–Crippen LogP) is 15.8. The van der Waals surface area contributed by atoms with E-state index in [0.717, 1.165) is 39.1 Å². The van der Waals surface area contributed by atoms with Crippen LogP contribution in [-0.4, -0.2) is 19.9 Å². The van der Waals surface area contributed by atoms with Gasteiger partial charge in [-0.2, -0.15) is 0 Å². The van der Waals surface area contributed by atoms with Gasteiger partial charge >= 0.3 is 0 Å². The molecule has 4 N–H and O–H groups in total. The van der Waals surface area contributed by atoms with Gasteiger partial charge in [0.05, 0.1) is 30.8 Å². The Balaban J connectivity index is 0.000000190. The van der Waals surface area contributed by atoms with Crippen molar-refractivity contribution in [3.8, 4) is 68.0 Å². The fraction of sp³-hybridized carbons (Fsp3) is 0.125. The van der Waals surface area contributed by atoms with E-state index in [1.54, 1.807) is 30.6 Å². The number of nitrogens with one attached hydrogen (secondary N) is 2. The van der Waals surface area contributed by atoms with Crippen molar-refractivity contribution < 1.29 is 18.9 Å². The molecule has 0 atom stereocenters. The highest BCUT2D eigenvalue weighted by Gasteiger charge is 2.16. The van der Waals surface area contributed by atoms with Gasteiger partial charge in [0.15, 0.2) is 11.4 Å². The van der Waals surface area contributed by atoms with Crippen molar-refractivity contribution in [2.75, 3.05) is 0 Å². The summed E-state index contributed by atoms with van der Waals surface area (Å²) in [5.74, 6) is 3.81. The first-order valence-electron chi connectivity index (χ1n) is 25.1. The molecule has 0 aliphatic heterocycles. The topological polar surface area (TPSA) is 178 Å². The average molecular weight is 1030 g/mol. The standard InChI is InChI=1S/C32H26N6O2.C32H28N4O2/c1-22-25(11-7-13-29(22)24-9-4-3-5-10-24)21-39-28-14-15-30(32-35-18-27(37-32)19-36-38-33)31(17-28)40-20-23-8-6-12-26(16-23)34-2;1-22-25(11-7-13-29(22)24-9-4-3-5-10-24)21-37-28-14-15-30(32-35-19-27(18-33)36-32)31(17-28)38-20-23-8-6-12-26(16-23)34-2/h3-18H,19-21H2,1H3,(H,35,37);3-17,19H,18,20-21,33H2,1H3,(H,35,36). The molecular formula is C64H54N10O4. The number of nitrogens with zero attached hydrogens (tertiary/aromatic N) is 7. The number of aromatic nitrogens is 4. The molecule has 10 aromatic rings. The van der Waals surface area contributed by atoms with E-state index in [2.05, 4.69) is 120 Å². The SMILES string of the molecule is [C-]#[N+]c1cccc(COc2cc(OCc3cccc(-c4ccccc4)c3C)ccc2-c2ncc(CN)[nH]2)c1.[C-]#[N+]c1cccc(COc2cc(OCc3cccc(-c4ccccc4)c3C)ccc2-c2ncc(CN=[N+]=[N-])[nH]2)c1. The maximum Gasteiger partial charge on any atom is 0.187 e. The van der Waals surface area contributed by atoms with Gasteiger partial charge in [0.25, 0.3) is 0 Å². The van der Waals surface area contributed by atoms with Crippen LogP contribution in [0.1, 0.15) is 44.8 Å². The van der Waals surface area contributed by atoms with Crippen molar-refractivity contribution in [3.63, 3.8) is 0 Å². The van der Waals surface area contributed by atoms with Gasteiger partial charge < -0.3 is 34.6 Å². The molecule has 0 saturated carbocycles. The third kappa shape index (κ3) is 13.3. The second-order valence-corrected chi connectivity index (χ2v) is 18.1. The minimum Gasteiger partial charge on any atom is -0.489 e. The molecule has 384 valence electrons. The van der Waals surface area contributed by atoms with E-state index in [4.69, 9.17) is 43.4 Å². The highest BCUT2D eigenvalue weighted by Crippen LogP contribution is 2.36. The zero-order valence-electron chi connectivity index (χ0n) is 43.1. The summed E-state index contributed by atoms with van der Waals surface area (Å²) in [7, 11) is 0. The molecule has 78 heavy (non-hydrogen) atoms. The molecule has 0 saturated heterocycles. The minimum absolute atomic E-state index is 0.172. The monoisotopic (exact) mass is 1030 g/mol. The summed E-state index contributed by atoms with van der Waals surface area (Å²) in [4.78, 5) is 25.2. The lowest BCUT2D eigenvalue weighted by molar-refractivity contribution is 0.290. The third-order valence-corrected chi connectivity index (χ3v) is 12.9. The largest absolute Gasteiger partial charge is 0.489 e. The zero-order chi connectivity index (χ0) is 54.1. The van der Waals surface area contributed by atoms with Gasteiger partial charge in [-0.25, -0.2) is 19.7 Å². The van der Waals surface area contributed by atoms with E-state index in [-0.39, 0.29) is 13.2 Å². The highest BCUT2D eigenvalue weighted by molar-refractivity contribution is 5.70. The van der Waals surface area contributed by atoms with Crippen LogP contribution in [0.4, 0.5) is 11.4 Å². The summed E-state index contributed by atoms with van der Waals surface area (Å²) in [6, 6.07) is 59.3. The molecule has 2 aromatic heterocycles. The van der Waals surface area contributed by atoms with Gasteiger partial charge in [-0.3, -0.25) is 0 Å². The Hall–Kier alpha value is -10.4. The van der Waals surface area contributed by atoms with Crippen LogP contribution < -0.4 is 24.7 Å². The van der Waals surface area contributed by atoms with Gasteiger partial charge in [-0.1, -0.05) is 139 Å². The Morgan fingerprint density at radius 2 is 0.962 bits per heavy atom. The maximum atomic E-state index is 8.64. The molecule has 0 amide bonds. The second-order valence-electron chi connectivity index (χ2n) is 18.1. The molecule has 2 heterocycles. The number of nitrogens with two attached hydrogens (primary N) is 1. The first kappa shape index (κ1) is 52.5. The van der Waals surface area contributed by atoms with Gasteiger partial charge in [0.2, 0.25) is 0 Å². The second kappa shape index (κ2) is 25.7. The van der Waals surface area contributed by atoms with Crippen LogP contribution in [0.2, 0.25) is 0 Å². The van der Waals surface area contributed by atoms with E-state index in [9.17, 15) is 0 Å². The van der Waals surface area contributed by atoms with E-state index in [0.29, 0.717) is 78.1 Å². The average Bonchev–Trinajstić information content (AvgIpc) is 4.19. The smallest absolute Gasteiger partial charge is 0.187 e. The van der Waals surface area contributed by atoms with E-state index >= 15 is 0 Å². The van der Waals surface area contributed by atoms with Crippen molar-refractivity contribution >= 4 is 11.4 Å². The molecule has 14 nitrogen and oxygen atoms in total. The summed E-state index contributed by atoms with van der Waals surface area (Å²) < 4.78 is 25.0. The van der Waals surface area contributed by atoms with Gasteiger partial charge in [0.1, 0.15) is 61.1 Å². The highest BCUT2D eigenvalue weighted by atomic mass is 16.5. The van der Waals surface area contributed by atoms with Crippen LogP contribution in [-0.2, 0) is 39.5 Å². The third-order valence-electron chi connectivity index (χ3n) is 12.9. The number of H-pyrrole nitrogens is 2. The first-order chi connectivity index (χ1) is 38.3. The molecule has 0 aliphatic rings. The molecule has 0 bridgehead atoms. The van der Waals surface area contributed by atoms with Crippen molar-refractivity contribution in [3.05, 3.63) is 272 Å². The fourth-order valence-electron chi connectivity index (χ4n) is 8.72. The lowest BCUT2D eigenvalue weighted by Crippen LogP contribution is -2.01. The van der Waals surface area contributed by atoms with Gasteiger partial charge in [-0.05, 0) is 111 Å². The Morgan fingerprint density at radius 3 is 1.41 bits per heavy atom. The number of hydrogen-bond acceptors (Lipinski definition) is 8. The summed E-state index contributed by atoms with van der Waals surface area (Å²) in [5, 5.41) is 3.60. The number of imidazole rings is 2. The molecular weight excluding hydrogens is 973 g/mol. The Morgan fingerprint density at radius 1 is 0.500 bits per heavy atom. The Kier molecular flexibility index (Phi) is 17.3. The lowest BCUT2D eigenvalue weighted by atomic mass is 9.97. The van der Waals surface area contributed by atoms with Crippen molar-refractivity contribution in [2.45, 2.75) is 53.4 Å². The van der Waals surface area contributed by atoms with Crippen LogP contribution >= 0.6 is 0 Å². The predicted molar refractivity (Wildman–Crippen MR) is 305 cm³/mol. The van der Waals surface area contributed by atoms with Crippen LogP contribution in [0.15, 0.2) is 199 Å². The Labute approximate surface area is 453 Å². The van der Waals surface area contributed by atoms with Crippen LogP contribution in [0.25, 0.3) is 65.2 Å². The lowest BCUT2D eigenvalue weighted by Gasteiger charge is -2.15. The normalized spacial score (nSPS) is 10.5. The molecule has 14 heteroatoms. The van der Waals surface area contributed by atoms with Crippen molar-refractivity contribution in [1.82, 2.24) is 19.9 Å². The number of hydrogen-bond donors (Lipinski definition) is 3. The first-order valence-corrected chi connectivity index (χ1v) is 25.1. The molecule has 0 spiro atoms. The maximum absolute atomic E-state index is 8.64. The number of azide groups is 1. The number of benzene rings is 8. The van der Waals surface area contributed by atoms with Gasteiger partial charge in [0, 0.05) is 47.4 Å². The summed E-state index contributed by atoms with van der Waals surface area (Å²) in [5.41, 5.74) is 29.7. The molecule has 0 fully saturated rings. The summed E-state index contributed by atoms with van der Waals surface area (Å²) >= 11 is 0. The molecule has 0 aliphatic carbocycles. The molecule has 8 aromatic carbocycles. The summed E-state index contributed by atoms with van der Waals surface area (Å²) in [6.45, 7) is 20.7. The van der Waals surface area contributed by atoms with E-state index in [1.165, 1.54) is 33.4 Å². The zero-order valence-corrected chi connectivity index (χ0v) is 43.1. The van der Waals surface area contributed by atoms with Gasteiger partial charge in [-0.15, -0.1) is 0 Å². The number of aromatic amines is 2. The number of rotatable bonds is 19. The molecule has 10 rings (SSSR count). The van der Waals surface area contributed by atoms with Crippen molar-refractivity contribution in [1.29, 1.82) is 0 Å². The molecule has 0 unspecified atom stereocenters. The van der Waals surface area contributed by atoms with E-state index in [1.807, 2.05) is 97.1 Å². The summed E-state index contributed by atoms with van der Waals surface area (Å²) in [6.07, 6.45) is 3.37. The Bertz CT molecular complexity index is 3800. The van der Waals surface area contributed by atoms with Crippen LogP contribution in [0.5, 0.6) is 23.0 Å². The van der Waals surface area contributed by atoms with Crippen LogP contribution in [0, 0.1) is 27.0 Å². The van der Waals surface area contributed by atoms with Crippen molar-refractivity contribution in [2.24, 2.45) is 10.8 Å². The molecule has 0 radical (unpaired) electrons. The minimum atomic E-state index is 0.172. The quantitative estimate of drug-likeness (QED) is 0.0312. The van der Waals surface area contributed by atoms with Crippen LogP contribution in [0.3, 0.4) is 0 Å². The van der Waals surface area contributed by atoms with E-state index < -0.39 is 0 Å².